The van der Waals surface area contributed by atoms with Gasteiger partial charge in [-0.15, -0.1) is 0 Å². The Labute approximate surface area is 83.8 Å². The molecule has 0 aliphatic carbocycles. The first-order valence-corrected chi connectivity index (χ1v) is 4.49. The summed E-state index contributed by atoms with van der Waals surface area (Å²) in [5.41, 5.74) is 0. The summed E-state index contributed by atoms with van der Waals surface area (Å²) in [5.74, 6) is -4.94. The predicted octanol–water partition coefficient (Wildman–Crippen LogP) is 1.18. The fraction of sp³-hybridized carbons (Fsp3) is 0.875. The number of amides is 1. The maximum absolute atomic E-state index is 12.4. The van der Waals surface area contributed by atoms with Crippen molar-refractivity contribution in [1.29, 1.82) is 0 Å². The Morgan fingerprint density at radius 3 is 2.67 bits per heavy atom. The standard InChI is InChI=1S/C8H11F4NO2/c9-7(10)8(11,12)4-13-6(14)5-2-1-3-15-5/h5,7H,1-4H2,(H,13,14)/t5-/m0/s1. The third kappa shape index (κ3) is 3.33. The Balaban J connectivity index is 2.33. The molecule has 0 bridgehead atoms. The van der Waals surface area contributed by atoms with Crippen LogP contribution in [0.1, 0.15) is 12.8 Å². The molecular weight excluding hydrogens is 218 g/mol. The van der Waals surface area contributed by atoms with Gasteiger partial charge in [-0.3, -0.25) is 4.79 Å². The van der Waals surface area contributed by atoms with Crippen molar-refractivity contribution in [2.45, 2.75) is 31.3 Å². The number of alkyl halides is 4. The molecule has 1 N–H and O–H groups in total. The minimum atomic E-state index is -4.19. The normalized spacial score (nSPS) is 22.1. The highest BCUT2D eigenvalue weighted by Gasteiger charge is 2.41. The van der Waals surface area contributed by atoms with Crippen molar-refractivity contribution in [1.82, 2.24) is 5.32 Å². The Morgan fingerprint density at radius 1 is 1.53 bits per heavy atom. The molecule has 1 saturated heterocycles. The van der Waals surface area contributed by atoms with Crippen molar-refractivity contribution in [3.8, 4) is 0 Å². The van der Waals surface area contributed by atoms with Gasteiger partial charge in [0.15, 0.2) is 0 Å². The van der Waals surface area contributed by atoms with Gasteiger partial charge in [0.25, 0.3) is 0 Å². The topological polar surface area (TPSA) is 38.3 Å². The highest BCUT2D eigenvalue weighted by Crippen LogP contribution is 2.21. The van der Waals surface area contributed by atoms with Crippen LogP contribution in [-0.2, 0) is 9.53 Å². The lowest BCUT2D eigenvalue weighted by molar-refractivity contribution is -0.141. The van der Waals surface area contributed by atoms with Crippen LogP contribution < -0.4 is 5.32 Å². The number of carbonyl (C=O) groups is 1. The molecule has 88 valence electrons. The summed E-state index contributed by atoms with van der Waals surface area (Å²) < 4.78 is 53.1. The van der Waals surface area contributed by atoms with Crippen LogP contribution in [0.3, 0.4) is 0 Å². The molecule has 0 radical (unpaired) electrons. The van der Waals surface area contributed by atoms with Crippen molar-refractivity contribution in [2.24, 2.45) is 0 Å². The van der Waals surface area contributed by atoms with Crippen LogP contribution in [0.2, 0.25) is 0 Å². The number of ether oxygens (including phenoxy) is 1. The van der Waals surface area contributed by atoms with Crippen LogP contribution in [-0.4, -0.2) is 37.5 Å². The molecule has 1 rings (SSSR count). The zero-order valence-electron chi connectivity index (χ0n) is 7.81. The fourth-order valence-electron chi connectivity index (χ4n) is 1.18. The van der Waals surface area contributed by atoms with Crippen LogP contribution in [0.5, 0.6) is 0 Å². The lowest BCUT2D eigenvalue weighted by Gasteiger charge is -2.17. The average molecular weight is 229 g/mol. The molecule has 0 unspecified atom stereocenters. The van der Waals surface area contributed by atoms with Crippen molar-refractivity contribution >= 4 is 5.91 Å². The fourth-order valence-corrected chi connectivity index (χ4v) is 1.18. The average Bonchev–Trinajstić information content (AvgIpc) is 2.66. The SMILES string of the molecule is O=C(NCC(F)(F)C(F)F)[C@@H]1CCCO1. The summed E-state index contributed by atoms with van der Waals surface area (Å²) in [5, 5.41) is 1.75. The lowest BCUT2D eigenvalue weighted by atomic mass is 10.2. The predicted molar refractivity (Wildman–Crippen MR) is 42.9 cm³/mol. The summed E-state index contributed by atoms with van der Waals surface area (Å²) in [7, 11) is 0. The van der Waals surface area contributed by atoms with E-state index in [1.807, 2.05) is 0 Å². The molecule has 1 fully saturated rings. The number of hydrogen-bond acceptors (Lipinski definition) is 2. The Kier molecular flexibility index (Phi) is 3.90. The first kappa shape index (κ1) is 12.2. The van der Waals surface area contributed by atoms with Gasteiger partial charge in [-0.05, 0) is 12.8 Å². The molecule has 0 aromatic heterocycles. The van der Waals surface area contributed by atoms with Gasteiger partial charge in [-0.25, -0.2) is 8.78 Å². The molecule has 0 saturated carbocycles. The second-order valence-corrected chi connectivity index (χ2v) is 3.28. The van der Waals surface area contributed by atoms with Crippen LogP contribution in [0.25, 0.3) is 0 Å². The molecule has 3 nitrogen and oxygen atoms in total. The minimum absolute atomic E-state index is 0.392. The van der Waals surface area contributed by atoms with Crippen LogP contribution in [0.4, 0.5) is 17.6 Å². The van der Waals surface area contributed by atoms with Gasteiger partial charge in [0.2, 0.25) is 5.91 Å². The van der Waals surface area contributed by atoms with E-state index in [1.165, 1.54) is 0 Å². The number of halogens is 4. The van der Waals surface area contributed by atoms with Gasteiger partial charge in [0.1, 0.15) is 6.10 Å². The molecule has 1 aliphatic rings. The Bertz CT molecular complexity index is 229. The first-order chi connectivity index (χ1) is 6.93. The van der Waals surface area contributed by atoms with E-state index in [-0.39, 0.29) is 0 Å². The number of hydrogen-bond donors (Lipinski definition) is 1. The molecule has 0 spiro atoms. The summed E-state index contributed by atoms with van der Waals surface area (Å²) in [6.07, 6.45) is -3.45. The van der Waals surface area contributed by atoms with E-state index in [1.54, 1.807) is 5.32 Å². The van der Waals surface area contributed by atoms with Gasteiger partial charge in [0.05, 0.1) is 6.54 Å². The van der Waals surface area contributed by atoms with E-state index in [0.717, 1.165) is 0 Å². The van der Waals surface area contributed by atoms with Gasteiger partial charge < -0.3 is 10.1 Å². The van der Waals surface area contributed by atoms with Gasteiger partial charge in [0, 0.05) is 6.61 Å². The largest absolute Gasteiger partial charge is 0.368 e. The highest BCUT2D eigenvalue weighted by molar-refractivity contribution is 5.81. The smallest absolute Gasteiger partial charge is 0.324 e. The molecule has 7 heteroatoms. The molecule has 1 amide bonds. The van der Waals surface area contributed by atoms with Crippen molar-refractivity contribution in [3.05, 3.63) is 0 Å². The van der Waals surface area contributed by atoms with E-state index >= 15 is 0 Å². The quantitative estimate of drug-likeness (QED) is 0.735. The van der Waals surface area contributed by atoms with E-state index in [4.69, 9.17) is 4.74 Å². The summed E-state index contributed by atoms with van der Waals surface area (Å²) in [6, 6.07) is 0. The van der Waals surface area contributed by atoms with E-state index in [0.29, 0.717) is 19.4 Å². The first-order valence-electron chi connectivity index (χ1n) is 4.49. The zero-order valence-corrected chi connectivity index (χ0v) is 7.81. The maximum Gasteiger partial charge on any atom is 0.324 e. The van der Waals surface area contributed by atoms with Gasteiger partial charge >= 0.3 is 12.3 Å². The van der Waals surface area contributed by atoms with Crippen molar-refractivity contribution in [3.63, 3.8) is 0 Å². The third-order valence-electron chi connectivity index (χ3n) is 2.04. The summed E-state index contributed by atoms with van der Waals surface area (Å²) in [6.45, 7) is -0.966. The molecule has 1 heterocycles. The van der Waals surface area contributed by atoms with Crippen molar-refractivity contribution < 1.29 is 27.1 Å². The molecular formula is C8H11F4NO2. The zero-order chi connectivity index (χ0) is 11.5. The second-order valence-electron chi connectivity index (χ2n) is 3.28. The monoisotopic (exact) mass is 229 g/mol. The molecule has 1 atom stereocenters. The molecule has 0 aromatic rings. The summed E-state index contributed by atoms with van der Waals surface area (Å²) in [4.78, 5) is 11.1. The number of nitrogens with one attached hydrogen (secondary N) is 1. The lowest BCUT2D eigenvalue weighted by Crippen LogP contribution is -2.44. The van der Waals surface area contributed by atoms with E-state index < -0.39 is 30.9 Å². The maximum atomic E-state index is 12.4. The van der Waals surface area contributed by atoms with Crippen LogP contribution in [0.15, 0.2) is 0 Å². The minimum Gasteiger partial charge on any atom is -0.368 e. The van der Waals surface area contributed by atoms with Gasteiger partial charge in [-0.1, -0.05) is 0 Å². The van der Waals surface area contributed by atoms with Gasteiger partial charge in [-0.2, -0.15) is 8.78 Å². The van der Waals surface area contributed by atoms with Crippen LogP contribution in [0, 0.1) is 0 Å². The van der Waals surface area contributed by atoms with E-state index in [9.17, 15) is 22.4 Å². The third-order valence-corrected chi connectivity index (χ3v) is 2.04. The highest BCUT2D eigenvalue weighted by atomic mass is 19.3. The molecule has 1 aliphatic heterocycles. The molecule has 15 heavy (non-hydrogen) atoms. The number of carbonyl (C=O) groups excluding carboxylic acids is 1. The Hall–Kier alpha value is -0.850. The van der Waals surface area contributed by atoms with Crippen LogP contribution >= 0.6 is 0 Å². The van der Waals surface area contributed by atoms with Crippen molar-refractivity contribution in [2.75, 3.05) is 13.2 Å². The molecule has 0 aromatic carbocycles. The second kappa shape index (κ2) is 4.78. The van der Waals surface area contributed by atoms with E-state index in [2.05, 4.69) is 0 Å². The summed E-state index contributed by atoms with van der Waals surface area (Å²) >= 11 is 0. The number of rotatable bonds is 4. The Morgan fingerprint density at radius 2 is 2.20 bits per heavy atom.